The zero-order valence-corrected chi connectivity index (χ0v) is 17.2. The van der Waals surface area contributed by atoms with Crippen LogP contribution in [-0.4, -0.2) is 70.8 Å². The standard InChI is InChI=1S/C21H27N5O4/c1-13(2)29-12-18(27)23-15-8-17-20(28)22-10-16(26(17)11-15)9-19-24-25-21(30-19)14-6-4-3-5-7-14/h3-7,13,15-17H,8-12H2,1-2H3,(H,22,28)(H,23,27)/t15-,16+,17-/m0/s1. The smallest absolute Gasteiger partial charge is 0.247 e. The summed E-state index contributed by atoms with van der Waals surface area (Å²) in [6.07, 6.45) is 1.11. The number of hydrogen-bond acceptors (Lipinski definition) is 7. The Bertz CT molecular complexity index is 885. The van der Waals surface area contributed by atoms with Crippen LogP contribution in [0, 0.1) is 0 Å². The van der Waals surface area contributed by atoms with Crippen LogP contribution in [0.25, 0.3) is 11.5 Å². The fourth-order valence-corrected chi connectivity index (χ4v) is 4.02. The lowest BCUT2D eigenvalue weighted by Gasteiger charge is -2.36. The van der Waals surface area contributed by atoms with Crippen LogP contribution < -0.4 is 10.6 Å². The molecule has 9 heteroatoms. The van der Waals surface area contributed by atoms with Crippen LogP contribution in [0.5, 0.6) is 0 Å². The topological polar surface area (TPSA) is 110 Å². The van der Waals surface area contributed by atoms with Crippen molar-refractivity contribution in [3.63, 3.8) is 0 Å². The Morgan fingerprint density at radius 1 is 1.33 bits per heavy atom. The van der Waals surface area contributed by atoms with Crippen LogP contribution in [0.2, 0.25) is 0 Å². The van der Waals surface area contributed by atoms with E-state index in [1.54, 1.807) is 0 Å². The number of nitrogens with one attached hydrogen (secondary N) is 2. The van der Waals surface area contributed by atoms with E-state index in [4.69, 9.17) is 9.15 Å². The Morgan fingerprint density at radius 2 is 2.13 bits per heavy atom. The average Bonchev–Trinajstić information content (AvgIpc) is 3.37. The van der Waals surface area contributed by atoms with Crippen molar-refractivity contribution in [2.24, 2.45) is 0 Å². The van der Waals surface area contributed by atoms with Crippen LogP contribution in [-0.2, 0) is 20.7 Å². The van der Waals surface area contributed by atoms with Crippen LogP contribution in [0.15, 0.2) is 34.7 Å². The van der Waals surface area contributed by atoms with Crippen molar-refractivity contribution in [1.82, 2.24) is 25.7 Å². The maximum absolute atomic E-state index is 12.4. The van der Waals surface area contributed by atoms with E-state index in [-0.39, 0.29) is 42.7 Å². The summed E-state index contributed by atoms with van der Waals surface area (Å²) in [6, 6.07) is 9.30. The summed E-state index contributed by atoms with van der Waals surface area (Å²) in [5.41, 5.74) is 0.874. The first kappa shape index (κ1) is 20.5. The summed E-state index contributed by atoms with van der Waals surface area (Å²) in [6.45, 7) is 4.92. The molecule has 0 unspecified atom stereocenters. The molecule has 2 aliphatic rings. The third-order valence-electron chi connectivity index (χ3n) is 5.43. The molecule has 4 rings (SSSR count). The van der Waals surface area contributed by atoms with Crippen LogP contribution in [0.3, 0.4) is 0 Å². The zero-order chi connectivity index (χ0) is 21.1. The van der Waals surface area contributed by atoms with Gasteiger partial charge in [0.1, 0.15) is 6.61 Å². The Labute approximate surface area is 175 Å². The Hall–Kier alpha value is -2.78. The molecule has 3 atom stereocenters. The summed E-state index contributed by atoms with van der Waals surface area (Å²) in [7, 11) is 0. The summed E-state index contributed by atoms with van der Waals surface area (Å²) < 4.78 is 11.2. The number of ether oxygens (including phenoxy) is 1. The fourth-order valence-electron chi connectivity index (χ4n) is 4.02. The molecule has 1 aromatic heterocycles. The van der Waals surface area contributed by atoms with Gasteiger partial charge in [0.25, 0.3) is 0 Å². The molecule has 30 heavy (non-hydrogen) atoms. The quantitative estimate of drug-likeness (QED) is 0.690. The second-order valence-corrected chi connectivity index (χ2v) is 8.04. The molecule has 2 fully saturated rings. The Kier molecular flexibility index (Phi) is 6.10. The monoisotopic (exact) mass is 413 g/mol. The molecule has 0 spiro atoms. The first-order valence-corrected chi connectivity index (χ1v) is 10.3. The van der Waals surface area contributed by atoms with Gasteiger partial charge in [0, 0.05) is 37.2 Å². The molecule has 0 saturated carbocycles. The summed E-state index contributed by atoms with van der Waals surface area (Å²) >= 11 is 0. The highest BCUT2D eigenvalue weighted by molar-refractivity contribution is 5.83. The largest absolute Gasteiger partial charge is 0.421 e. The molecule has 0 radical (unpaired) electrons. The van der Waals surface area contributed by atoms with Crippen molar-refractivity contribution in [2.45, 2.75) is 50.9 Å². The van der Waals surface area contributed by atoms with Crippen molar-refractivity contribution in [2.75, 3.05) is 19.7 Å². The summed E-state index contributed by atoms with van der Waals surface area (Å²) in [5, 5.41) is 14.3. The number of benzene rings is 1. The zero-order valence-electron chi connectivity index (χ0n) is 17.2. The van der Waals surface area contributed by atoms with E-state index < -0.39 is 0 Å². The minimum atomic E-state index is -0.267. The molecule has 3 heterocycles. The molecule has 2 aromatic rings. The van der Waals surface area contributed by atoms with Gasteiger partial charge in [0.05, 0.1) is 12.1 Å². The molecule has 2 N–H and O–H groups in total. The van der Waals surface area contributed by atoms with E-state index in [0.29, 0.717) is 37.7 Å². The molecule has 9 nitrogen and oxygen atoms in total. The van der Waals surface area contributed by atoms with E-state index in [9.17, 15) is 9.59 Å². The van der Waals surface area contributed by atoms with Gasteiger partial charge in [-0.1, -0.05) is 18.2 Å². The van der Waals surface area contributed by atoms with Gasteiger partial charge in [-0.2, -0.15) is 0 Å². The highest BCUT2D eigenvalue weighted by atomic mass is 16.5. The van der Waals surface area contributed by atoms with Gasteiger partial charge < -0.3 is 19.8 Å². The van der Waals surface area contributed by atoms with E-state index in [2.05, 4.69) is 25.7 Å². The van der Waals surface area contributed by atoms with Gasteiger partial charge in [-0.15, -0.1) is 10.2 Å². The number of carbonyl (C=O) groups is 2. The van der Waals surface area contributed by atoms with Gasteiger partial charge in [0.2, 0.25) is 23.6 Å². The highest BCUT2D eigenvalue weighted by Crippen LogP contribution is 2.26. The lowest BCUT2D eigenvalue weighted by molar-refractivity contribution is -0.129. The van der Waals surface area contributed by atoms with Gasteiger partial charge in [-0.25, -0.2) is 0 Å². The van der Waals surface area contributed by atoms with Gasteiger partial charge in [-0.05, 0) is 32.4 Å². The Morgan fingerprint density at radius 3 is 2.90 bits per heavy atom. The van der Waals surface area contributed by atoms with Crippen LogP contribution >= 0.6 is 0 Å². The molecule has 0 bridgehead atoms. The number of rotatable bonds is 7. The van der Waals surface area contributed by atoms with Crippen LogP contribution in [0.4, 0.5) is 0 Å². The second kappa shape index (κ2) is 8.93. The predicted octanol–water partition coefficient (Wildman–Crippen LogP) is 0.762. The minimum absolute atomic E-state index is 0.00284. The minimum Gasteiger partial charge on any atom is -0.421 e. The molecule has 2 amide bonds. The van der Waals surface area contributed by atoms with Crippen LogP contribution in [0.1, 0.15) is 26.2 Å². The fraction of sp³-hybridized carbons (Fsp3) is 0.524. The molecule has 1 aromatic carbocycles. The number of aromatic nitrogens is 2. The van der Waals surface area contributed by atoms with E-state index in [1.165, 1.54) is 0 Å². The number of nitrogens with zero attached hydrogens (tertiary/aromatic N) is 3. The normalized spacial score (nSPS) is 24.0. The highest BCUT2D eigenvalue weighted by Gasteiger charge is 2.44. The summed E-state index contributed by atoms with van der Waals surface area (Å²) in [5.74, 6) is 0.858. The second-order valence-electron chi connectivity index (χ2n) is 8.04. The number of amides is 2. The van der Waals surface area contributed by atoms with Crippen molar-refractivity contribution in [3.05, 3.63) is 36.2 Å². The van der Waals surface area contributed by atoms with Crippen molar-refractivity contribution in [1.29, 1.82) is 0 Å². The van der Waals surface area contributed by atoms with Gasteiger partial charge >= 0.3 is 0 Å². The number of piperazine rings is 1. The van der Waals surface area contributed by atoms with Gasteiger partial charge in [0.15, 0.2) is 0 Å². The molecular formula is C21H27N5O4. The first-order valence-electron chi connectivity index (χ1n) is 10.3. The lowest BCUT2D eigenvalue weighted by atomic mass is 10.1. The van der Waals surface area contributed by atoms with Crippen molar-refractivity contribution in [3.8, 4) is 11.5 Å². The van der Waals surface area contributed by atoms with Gasteiger partial charge in [-0.3, -0.25) is 14.5 Å². The number of fused-ring (bicyclic) bond motifs is 1. The summed E-state index contributed by atoms with van der Waals surface area (Å²) in [4.78, 5) is 26.6. The lowest BCUT2D eigenvalue weighted by Crippen LogP contribution is -2.58. The third-order valence-corrected chi connectivity index (χ3v) is 5.43. The maximum Gasteiger partial charge on any atom is 0.247 e. The average molecular weight is 413 g/mol. The predicted molar refractivity (Wildman–Crippen MR) is 108 cm³/mol. The van der Waals surface area contributed by atoms with E-state index >= 15 is 0 Å². The molecule has 160 valence electrons. The van der Waals surface area contributed by atoms with Crippen molar-refractivity contribution < 1.29 is 18.7 Å². The molecular weight excluding hydrogens is 386 g/mol. The molecule has 2 saturated heterocycles. The number of carbonyl (C=O) groups excluding carboxylic acids is 2. The SMILES string of the molecule is CC(C)OCC(=O)N[C@H]1C[C@H]2C(=O)NC[C@@H](Cc3nnc(-c4ccccc4)o3)N2C1. The molecule has 0 aliphatic carbocycles. The number of hydrogen-bond donors (Lipinski definition) is 2. The third kappa shape index (κ3) is 4.68. The Balaban J connectivity index is 1.39. The van der Waals surface area contributed by atoms with Crippen molar-refractivity contribution >= 4 is 11.8 Å². The first-order chi connectivity index (χ1) is 14.5. The van der Waals surface area contributed by atoms with E-state index in [0.717, 1.165) is 5.56 Å². The maximum atomic E-state index is 12.4. The van der Waals surface area contributed by atoms with E-state index in [1.807, 2.05) is 44.2 Å². The molecule has 2 aliphatic heterocycles.